The van der Waals surface area contributed by atoms with Gasteiger partial charge in [0.25, 0.3) is 0 Å². The molecule has 5 heteroatoms. The zero-order valence-electron chi connectivity index (χ0n) is 13.4. The van der Waals surface area contributed by atoms with Crippen LogP contribution in [0, 0.1) is 5.92 Å². The van der Waals surface area contributed by atoms with Crippen molar-refractivity contribution in [3.63, 3.8) is 0 Å². The molecule has 0 radical (unpaired) electrons. The molecule has 0 bridgehead atoms. The lowest BCUT2D eigenvalue weighted by molar-refractivity contribution is -0.143. The number of carbonyl (C=O) groups is 1. The molecule has 1 aromatic rings. The van der Waals surface area contributed by atoms with Crippen LogP contribution < -0.4 is 9.47 Å². The molecular weight excluding hydrogens is 282 g/mol. The second-order valence-electron chi connectivity index (χ2n) is 5.71. The molecule has 1 aliphatic heterocycles. The van der Waals surface area contributed by atoms with Gasteiger partial charge in [0.05, 0.1) is 19.6 Å². The van der Waals surface area contributed by atoms with Crippen molar-refractivity contribution in [2.75, 3.05) is 26.8 Å². The van der Waals surface area contributed by atoms with Crippen LogP contribution in [-0.2, 0) is 11.3 Å². The third kappa shape index (κ3) is 4.13. The van der Waals surface area contributed by atoms with Crippen LogP contribution in [-0.4, -0.2) is 42.8 Å². The number of hydrogen-bond donors (Lipinski definition) is 1. The highest BCUT2D eigenvalue weighted by Crippen LogP contribution is 2.33. The summed E-state index contributed by atoms with van der Waals surface area (Å²) in [6, 6.07) is 5.87. The Kier molecular flexibility index (Phi) is 6.07. The van der Waals surface area contributed by atoms with E-state index >= 15 is 0 Å². The number of hydrogen-bond acceptors (Lipinski definition) is 4. The van der Waals surface area contributed by atoms with E-state index in [4.69, 9.17) is 9.47 Å². The summed E-state index contributed by atoms with van der Waals surface area (Å²) < 4.78 is 11.3. The van der Waals surface area contributed by atoms with Crippen molar-refractivity contribution in [3.8, 4) is 11.5 Å². The smallest absolute Gasteiger partial charge is 0.307 e. The summed E-state index contributed by atoms with van der Waals surface area (Å²) in [5.74, 6) is 0.555. The van der Waals surface area contributed by atoms with Crippen LogP contribution in [0.1, 0.15) is 31.7 Å². The van der Waals surface area contributed by atoms with E-state index in [9.17, 15) is 9.90 Å². The van der Waals surface area contributed by atoms with Gasteiger partial charge in [-0.15, -0.1) is 0 Å². The van der Waals surface area contributed by atoms with Crippen molar-refractivity contribution in [3.05, 3.63) is 23.8 Å². The average molecular weight is 307 g/mol. The molecule has 0 amide bonds. The van der Waals surface area contributed by atoms with Crippen LogP contribution in [0.25, 0.3) is 0 Å². The summed E-state index contributed by atoms with van der Waals surface area (Å²) in [6.07, 6.45) is 2.62. The number of nitrogens with zero attached hydrogens (tertiary/aromatic N) is 1. The fourth-order valence-electron chi connectivity index (χ4n) is 2.86. The molecule has 0 aliphatic carbocycles. The monoisotopic (exact) mass is 307 g/mol. The van der Waals surface area contributed by atoms with E-state index in [1.54, 1.807) is 7.11 Å². The molecule has 1 fully saturated rings. The van der Waals surface area contributed by atoms with Crippen LogP contribution in [0.15, 0.2) is 18.2 Å². The van der Waals surface area contributed by atoms with Crippen molar-refractivity contribution in [2.45, 2.75) is 32.7 Å². The Morgan fingerprint density at radius 1 is 1.45 bits per heavy atom. The van der Waals surface area contributed by atoms with Crippen molar-refractivity contribution >= 4 is 5.97 Å². The number of rotatable bonds is 7. The van der Waals surface area contributed by atoms with Crippen LogP contribution in [0.5, 0.6) is 11.5 Å². The molecule has 2 rings (SSSR count). The van der Waals surface area contributed by atoms with Gasteiger partial charge in [-0.3, -0.25) is 9.69 Å². The maximum absolute atomic E-state index is 11.2. The van der Waals surface area contributed by atoms with Crippen molar-refractivity contribution in [2.24, 2.45) is 5.92 Å². The summed E-state index contributed by atoms with van der Waals surface area (Å²) in [4.78, 5) is 13.4. The first kappa shape index (κ1) is 16.6. The highest BCUT2D eigenvalue weighted by molar-refractivity contribution is 5.70. The maximum atomic E-state index is 11.2. The number of carboxylic acid groups (broad SMARTS) is 1. The van der Waals surface area contributed by atoms with Crippen molar-refractivity contribution in [1.29, 1.82) is 0 Å². The number of benzene rings is 1. The Labute approximate surface area is 131 Å². The molecule has 22 heavy (non-hydrogen) atoms. The average Bonchev–Trinajstić information content (AvgIpc) is 2.53. The lowest BCUT2D eigenvalue weighted by Crippen LogP contribution is -2.38. The first-order valence-electron chi connectivity index (χ1n) is 7.89. The second-order valence-corrected chi connectivity index (χ2v) is 5.71. The van der Waals surface area contributed by atoms with Gasteiger partial charge >= 0.3 is 5.97 Å². The molecule has 1 atom stereocenters. The predicted molar refractivity (Wildman–Crippen MR) is 84.4 cm³/mol. The minimum Gasteiger partial charge on any atom is -0.493 e. The number of piperidine rings is 1. The number of likely N-dealkylation sites (tertiary alicyclic amines) is 1. The molecular formula is C17H25NO4. The van der Waals surface area contributed by atoms with E-state index in [-0.39, 0.29) is 5.92 Å². The van der Waals surface area contributed by atoms with Gasteiger partial charge in [0.2, 0.25) is 0 Å². The first-order chi connectivity index (χ1) is 10.7. The summed E-state index contributed by atoms with van der Waals surface area (Å²) >= 11 is 0. The zero-order valence-corrected chi connectivity index (χ0v) is 13.4. The number of ether oxygens (including phenoxy) is 2. The van der Waals surface area contributed by atoms with E-state index in [0.29, 0.717) is 19.7 Å². The first-order valence-corrected chi connectivity index (χ1v) is 7.89. The minimum absolute atomic E-state index is 0.264. The van der Waals surface area contributed by atoms with E-state index in [2.05, 4.69) is 11.8 Å². The van der Waals surface area contributed by atoms with Gasteiger partial charge in [0.1, 0.15) is 0 Å². The number of aliphatic carboxylic acids is 1. The molecule has 1 N–H and O–H groups in total. The van der Waals surface area contributed by atoms with Gasteiger partial charge in [-0.25, -0.2) is 0 Å². The normalized spacial score (nSPS) is 18.9. The summed E-state index contributed by atoms with van der Waals surface area (Å²) in [7, 11) is 1.64. The fraction of sp³-hybridized carbons (Fsp3) is 0.588. The molecule has 1 aliphatic rings. The van der Waals surface area contributed by atoms with Gasteiger partial charge in [-0.05, 0) is 31.9 Å². The SMILES string of the molecule is CCCOc1c(CN2CCCC(C(=O)O)C2)cccc1OC. The van der Waals surface area contributed by atoms with Crippen LogP contribution >= 0.6 is 0 Å². The largest absolute Gasteiger partial charge is 0.493 e. The molecule has 0 aromatic heterocycles. The molecule has 1 aromatic carbocycles. The van der Waals surface area contributed by atoms with Crippen LogP contribution in [0.2, 0.25) is 0 Å². The lowest BCUT2D eigenvalue weighted by Gasteiger charge is -2.31. The van der Waals surface area contributed by atoms with Crippen molar-refractivity contribution in [1.82, 2.24) is 4.90 Å². The second kappa shape index (κ2) is 8.03. The number of carboxylic acids is 1. The van der Waals surface area contributed by atoms with E-state index in [1.165, 1.54) is 0 Å². The topological polar surface area (TPSA) is 59.0 Å². The molecule has 1 unspecified atom stereocenters. The van der Waals surface area contributed by atoms with Gasteiger partial charge in [-0.1, -0.05) is 19.1 Å². The van der Waals surface area contributed by atoms with E-state index in [1.807, 2.05) is 18.2 Å². The molecule has 1 heterocycles. The lowest BCUT2D eigenvalue weighted by atomic mass is 9.98. The van der Waals surface area contributed by atoms with Gasteiger partial charge in [0, 0.05) is 18.7 Å². The highest BCUT2D eigenvalue weighted by atomic mass is 16.5. The van der Waals surface area contributed by atoms with Gasteiger partial charge < -0.3 is 14.6 Å². The quantitative estimate of drug-likeness (QED) is 0.839. The summed E-state index contributed by atoms with van der Waals surface area (Å²) in [6.45, 7) is 4.93. The molecule has 1 saturated heterocycles. The Morgan fingerprint density at radius 2 is 2.27 bits per heavy atom. The van der Waals surface area contributed by atoms with E-state index < -0.39 is 5.97 Å². The molecule has 0 saturated carbocycles. The Hall–Kier alpha value is -1.75. The van der Waals surface area contributed by atoms with Gasteiger partial charge in [0.15, 0.2) is 11.5 Å². The fourth-order valence-corrected chi connectivity index (χ4v) is 2.86. The highest BCUT2D eigenvalue weighted by Gasteiger charge is 2.26. The number of para-hydroxylation sites is 1. The number of methoxy groups -OCH3 is 1. The third-order valence-electron chi connectivity index (χ3n) is 3.98. The molecule has 5 nitrogen and oxygen atoms in total. The zero-order chi connectivity index (χ0) is 15.9. The Balaban J connectivity index is 2.12. The van der Waals surface area contributed by atoms with Crippen LogP contribution in [0.3, 0.4) is 0 Å². The van der Waals surface area contributed by atoms with Gasteiger partial charge in [-0.2, -0.15) is 0 Å². The Bertz CT molecular complexity index is 503. The maximum Gasteiger partial charge on any atom is 0.307 e. The third-order valence-corrected chi connectivity index (χ3v) is 3.98. The minimum atomic E-state index is -0.696. The predicted octanol–water partition coefficient (Wildman–Crippen LogP) is 2.78. The summed E-state index contributed by atoms with van der Waals surface area (Å²) in [5, 5.41) is 9.20. The Morgan fingerprint density at radius 3 is 2.95 bits per heavy atom. The van der Waals surface area contributed by atoms with Crippen LogP contribution in [0.4, 0.5) is 0 Å². The molecule has 0 spiro atoms. The van der Waals surface area contributed by atoms with E-state index in [0.717, 1.165) is 42.9 Å². The summed E-state index contributed by atoms with van der Waals surface area (Å²) in [5.41, 5.74) is 1.05. The molecule has 122 valence electrons. The standard InChI is InChI=1S/C17H25NO4/c1-3-10-22-16-13(6-4-8-15(16)21-2)11-18-9-5-7-14(12-18)17(19)20/h4,6,8,14H,3,5,7,9-12H2,1-2H3,(H,19,20). The van der Waals surface area contributed by atoms with Crippen molar-refractivity contribution < 1.29 is 19.4 Å².